The van der Waals surface area contributed by atoms with Crippen molar-refractivity contribution < 1.29 is 4.79 Å². The number of benzene rings is 2. The molecule has 0 aliphatic heterocycles. The van der Waals surface area contributed by atoms with E-state index in [4.69, 9.17) is 0 Å². The molecule has 0 fully saturated rings. The third-order valence-corrected chi connectivity index (χ3v) is 3.22. The van der Waals surface area contributed by atoms with Crippen LogP contribution in [0.4, 0.5) is 0 Å². The van der Waals surface area contributed by atoms with Gasteiger partial charge in [-0.2, -0.15) is 0 Å². The maximum absolute atomic E-state index is 12.2. The molecule has 0 unspecified atom stereocenters. The number of hydrogen-bond acceptors (Lipinski definition) is 1. The zero-order valence-corrected chi connectivity index (χ0v) is 11.1. The van der Waals surface area contributed by atoms with E-state index in [0.717, 1.165) is 36.8 Å². The predicted octanol–water partition coefficient (Wildman–Crippen LogP) is 4.46. The molecule has 0 atom stereocenters. The molecule has 0 saturated carbocycles. The van der Waals surface area contributed by atoms with Crippen molar-refractivity contribution in [2.75, 3.05) is 0 Å². The Kier molecular flexibility index (Phi) is 4.91. The normalized spacial score (nSPS) is 10.4. The maximum Gasteiger partial charge on any atom is 0.193 e. The summed E-state index contributed by atoms with van der Waals surface area (Å²) < 4.78 is 0. The summed E-state index contributed by atoms with van der Waals surface area (Å²) in [5.74, 6) is 0.0879. The van der Waals surface area contributed by atoms with Gasteiger partial charge < -0.3 is 0 Å². The predicted molar refractivity (Wildman–Crippen MR) is 79.2 cm³/mol. The van der Waals surface area contributed by atoms with Gasteiger partial charge in [0.15, 0.2) is 5.78 Å². The number of ketones is 1. The lowest BCUT2D eigenvalue weighted by atomic mass is 10.0. The van der Waals surface area contributed by atoms with Gasteiger partial charge in [0.1, 0.15) is 0 Å². The first-order valence-electron chi connectivity index (χ1n) is 6.79. The van der Waals surface area contributed by atoms with Crippen LogP contribution in [0.1, 0.15) is 40.7 Å². The lowest BCUT2D eigenvalue weighted by Gasteiger charge is -2.04. The number of hydrogen-bond donors (Lipinski definition) is 0. The lowest BCUT2D eigenvalue weighted by molar-refractivity contribution is 0.103. The Morgan fingerprint density at radius 3 is 2.11 bits per heavy atom. The Morgan fingerprint density at radius 2 is 1.47 bits per heavy atom. The zero-order valence-electron chi connectivity index (χ0n) is 11.1. The van der Waals surface area contributed by atoms with Crippen molar-refractivity contribution in [3.63, 3.8) is 0 Å². The molecule has 2 aromatic rings. The van der Waals surface area contributed by atoms with Crippen molar-refractivity contribution in [3.8, 4) is 0 Å². The molecular formula is C18H19O. The fourth-order valence-corrected chi connectivity index (χ4v) is 2.08. The summed E-state index contributed by atoms with van der Waals surface area (Å²) in [7, 11) is 0. The van der Waals surface area contributed by atoms with Gasteiger partial charge in [-0.05, 0) is 18.4 Å². The van der Waals surface area contributed by atoms with E-state index in [1.807, 2.05) is 42.5 Å². The van der Waals surface area contributed by atoms with E-state index < -0.39 is 0 Å². The molecule has 1 nitrogen and oxygen atoms in total. The van der Waals surface area contributed by atoms with Gasteiger partial charge in [0.2, 0.25) is 0 Å². The van der Waals surface area contributed by atoms with Gasteiger partial charge in [-0.15, -0.1) is 0 Å². The molecule has 19 heavy (non-hydrogen) atoms. The summed E-state index contributed by atoms with van der Waals surface area (Å²) in [6.45, 7) is 3.84. The van der Waals surface area contributed by atoms with Crippen molar-refractivity contribution in [3.05, 3.63) is 78.2 Å². The summed E-state index contributed by atoms with van der Waals surface area (Å²) in [5, 5.41) is 0. The minimum atomic E-state index is 0.0879. The number of carbonyl (C=O) groups is 1. The SMILES string of the molecule is [CH2]CCCCc1ccc(C(=O)c2ccccc2)cc1. The third kappa shape index (κ3) is 3.78. The molecule has 1 radical (unpaired) electrons. The van der Waals surface area contributed by atoms with Crippen LogP contribution in [0, 0.1) is 6.92 Å². The molecule has 2 aromatic carbocycles. The Labute approximate surface area is 115 Å². The summed E-state index contributed by atoms with van der Waals surface area (Å²) in [4.78, 5) is 12.2. The van der Waals surface area contributed by atoms with E-state index in [1.54, 1.807) is 0 Å². The van der Waals surface area contributed by atoms with Crippen molar-refractivity contribution in [2.45, 2.75) is 25.7 Å². The minimum Gasteiger partial charge on any atom is -0.289 e. The molecule has 97 valence electrons. The first-order chi connectivity index (χ1) is 9.31. The van der Waals surface area contributed by atoms with Gasteiger partial charge in [-0.25, -0.2) is 0 Å². The largest absolute Gasteiger partial charge is 0.289 e. The fraction of sp³-hybridized carbons (Fsp3) is 0.222. The van der Waals surface area contributed by atoms with Gasteiger partial charge in [-0.3, -0.25) is 4.79 Å². The van der Waals surface area contributed by atoms with Crippen LogP contribution in [-0.2, 0) is 6.42 Å². The van der Waals surface area contributed by atoms with Gasteiger partial charge in [-0.1, -0.05) is 74.4 Å². The van der Waals surface area contributed by atoms with E-state index in [0.29, 0.717) is 0 Å². The second kappa shape index (κ2) is 6.89. The van der Waals surface area contributed by atoms with Crippen LogP contribution in [0.2, 0.25) is 0 Å². The average Bonchev–Trinajstić information content (AvgIpc) is 2.48. The standard InChI is InChI=1S/C18H19O/c1-2-3-5-8-15-11-13-17(14-12-15)18(19)16-9-6-4-7-10-16/h4,6-7,9-14H,1-3,5,8H2. The van der Waals surface area contributed by atoms with E-state index in [9.17, 15) is 4.79 Å². The molecule has 0 aliphatic rings. The first kappa shape index (κ1) is 13.5. The zero-order chi connectivity index (χ0) is 13.5. The van der Waals surface area contributed by atoms with E-state index >= 15 is 0 Å². The van der Waals surface area contributed by atoms with Gasteiger partial charge >= 0.3 is 0 Å². The van der Waals surface area contributed by atoms with Gasteiger partial charge in [0, 0.05) is 11.1 Å². The fourth-order valence-electron chi connectivity index (χ4n) is 2.08. The van der Waals surface area contributed by atoms with Crippen LogP contribution in [0.15, 0.2) is 54.6 Å². The van der Waals surface area contributed by atoms with E-state index in [1.165, 1.54) is 5.56 Å². The molecule has 0 bridgehead atoms. The molecule has 1 heteroatoms. The molecule has 0 amide bonds. The molecule has 0 N–H and O–H groups in total. The summed E-state index contributed by atoms with van der Waals surface area (Å²) in [5.41, 5.74) is 2.79. The van der Waals surface area contributed by atoms with E-state index in [2.05, 4.69) is 19.1 Å². The number of aryl methyl sites for hydroxylation is 1. The van der Waals surface area contributed by atoms with Crippen LogP contribution >= 0.6 is 0 Å². The highest BCUT2D eigenvalue weighted by Gasteiger charge is 2.07. The number of carbonyl (C=O) groups excluding carboxylic acids is 1. The molecule has 0 saturated heterocycles. The van der Waals surface area contributed by atoms with Crippen molar-refractivity contribution in [1.29, 1.82) is 0 Å². The van der Waals surface area contributed by atoms with Gasteiger partial charge in [0.05, 0.1) is 0 Å². The average molecular weight is 251 g/mol. The smallest absolute Gasteiger partial charge is 0.193 e. The molecule has 0 aromatic heterocycles. The Hall–Kier alpha value is -1.89. The number of unbranched alkanes of at least 4 members (excludes halogenated alkanes) is 2. The van der Waals surface area contributed by atoms with Crippen molar-refractivity contribution in [1.82, 2.24) is 0 Å². The van der Waals surface area contributed by atoms with Crippen LogP contribution in [0.5, 0.6) is 0 Å². The summed E-state index contributed by atoms with van der Waals surface area (Å²) in [6.07, 6.45) is 4.38. The lowest BCUT2D eigenvalue weighted by Crippen LogP contribution is -2.00. The molecule has 0 aliphatic carbocycles. The first-order valence-corrected chi connectivity index (χ1v) is 6.79. The highest BCUT2D eigenvalue weighted by atomic mass is 16.1. The minimum absolute atomic E-state index is 0.0879. The van der Waals surface area contributed by atoms with Crippen LogP contribution in [0.25, 0.3) is 0 Å². The Balaban J connectivity index is 2.04. The summed E-state index contributed by atoms with van der Waals surface area (Å²) >= 11 is 0. The highest BCUT2D eigenvalue weighted by molar-refractivity contribution is 6.08. The quantitative estimate of drug-likeness (QED) is 0.547. The summed E-state index contributed by atoms with van der Waals surface area (Å²) in [6, 6.07) is 17.4. The van der Waals surface area contributed by atoms with E-state index in [-0.39, 0.29) is 5.78 Å². The van der Waals surface area contributed by atoms with Crippen LogP contribution < -0.4 is 0 Å². The molecule has 0 heterocycles. The van der Waals surface area contributed by atoms with Gasteiger partial charge in [0.25, 0.3) is 0 Å². The van der Waals surface area contributed by atoms with Crippen molar-refractivity contribution in [2.24, 2.45) is 0 Å². The molecule has 0 spiro atoms. The van der Waals surface area contributed by atoms with Crippen molar-refractivity contribution >= 4 is 5.78 Å². The second-order valence-corrected chi connectivity index (χ2v) is 4.70. The maximum atomic E-state index is 12.2. The monoisotopic (exact) mass is 251 g/mol. The topological polar surface area (TPSA) is 17.1 Å². The molecular weight excluding hydrogens is 232 g/mol. The van der Waals surface area contributed by atoms with Crippen LogP contribution in [-0.4, -0.2) is 5.78 Å². The number of rotatable bonds is 6. The Morgan fingerprint density at radius 1 is 0.842 bits per heavy atom. The highest BCUT2D eigenvalue weighted by Crippen LogP contribution is 2.12. The Bertz CT molecular complexity index is 511. The second-order valence-electron chi connectivity index (χ2n) is 4.70. The third-order valence-electron chi connectivity index (χ3n) is 3.22. The molecule has 2 rings (SSSR count). The van der Waals surface area contributed by atoms with Crippen LogP contribution in [0.3, 0.4) is 0 Å².